The third-order valence-corrected chi connectivity index (χ3v) is 3.29. The van der Waals surface area contributed by atoms with Crippen LogP contribution in [0.2, 0.25) is 5.02 Å². The summed E-state index contributed by atoms with van der Waals surface area (Å²) in [6.45, 7) is 1.55. The van der Waals surface area contributed by atoms with Gasteiger partial charge in [0.2, 0.25) is 0 Å². The Kier molecular flexibility index (Phi) is 3.64. The molecule has 0 bridgehead atoms. The molecule has 3 nitrogen and oxygen atoms in total. The van der Waals surface area contributed by atoms with Gasteiger partial charge < -0.3 is 4.74 Å². The summed E-state index contributed by atoms with van der Waals surface area (Å²) in [5.41, 5.74) is 0.779. The molecule has 1 heterocycles. The summed E-state index contributed by atoms with van der Waals surface area (Å²) in [5, 5.41) is 2.50. The molecule has 0 fully saturated rings. The lowest BCUT2D eigenvalue weighted by Gasteiger charge is -2.07. The Morgan fingerprint density at radius 2 is 2.24 bits per heavy atom. The molecule has 0 aliphatic rings. The molecule has 0 atom stereocenters. The van der Waals surface area contributed by atoms with Crippen LogP contribution in [-0.2, 0) is 16.1 Å². The number of nitrogens with zero attached hydrogens (tertiary/aromatic N) is 1. The van der Waals surface area contributed by atoms with Crippen LogP contribution in [-0.4, -0.2) is 11.0 Å². The normalized spacial score (nSPS) is 10.5. The number of hydrogen-bond acceptors (Lipinski definition) is 3. The first-order valence-corrected chi connectivity index (χ1v) is 6.10. The van der Waals surface area contributed by atoms with Crippen LogP contribution in [0.4, 0.5) is 0 Å². The number of rotatable bonds is 2. The van der Waals surface area contributed by atoms with E-state index in [0.29, 0.717) is 5.02 Å². The van der Waals surface area contributed by atoms with Gasteiger partial charge in [-0.25, -0.2) is 0 Å². The minimum atomic E-state index is -0.324. The molecule has 17 heavy (non-hydrogen) atoms. The average Bonchev–Trinajstić information content (AvgIpc) is 2.27. The van der Waals surface area contributed by atoms with Crippen LogP contribution in [0.25, 0.3) is 10.8 Å². The number of hydrogen-bond donors (Lipinski definition) is 0. The molecule has 0 saturated carbocycles. The Morgan fingerprint density at radius 3 is 2.94 bits per heavy atom. The minimum absolute atomic E-state index is 0.179. The van der Waals surface area contributed by atoms with E-state index in [1.165, 1.54) is 6.92 Å². The van der Waals surface area contributed by atoms with Gasteiger partial charge in [0.25, 0.3) is 0 Å². The zero-order valence-electron chi connectivity index (χ0n) is 9.04. The predicted molar refractivity (Wildman–Crippen MR) is 69.9 cm³/mol. The molecule has 1 aromatic carbocycles. The van der Waals surface area contributed by atoms with Crippen molar-refractivity contribution in [3.63, 3.8) is 0 Å². The van der Waals surface area contributed by atoms with E-state index >= 15 is 0 Å². The fourth-order valence-electron chi connectivity index (χ4n) is 1.49. The highest BCUT2D eigenvalue weighted by Gasteiger charge is 2.07. The molecular weight excluding hydrogens is 305 g/mol. The van der Waals surface area contributed by atoms with E-state index in [-0.39, 0.29) is 12.6 Å². The number of esters is 1. The van der Waals surface area contributed by atoms with Crippen LogP contribution in [0.3, 0.4) is 0 Å². The van der Waals surface area contributed by atoms with Crippen molar-refractivity contribution in [2.45, 2.75) is 13.5 Å². The molecular formula is C12H9BrClNO2. The zero-order valence-corrected chi connectivity index (χ0v) is 11.4. The van der Waals surface area contributed by atoms with Gasteiger partial charge in [-0.05, 0) is 33.4 Å². The second-order valence-corrected chi connectivity index (χ2v) is 4.83. The lowest BCUT2D eigenvalue weighted by Crippen LogP contribution is -1.99. The maximum atomic E-state index is 10.8. The van der Waals surface area contributed by atoms with Gasteiger partial charge >= 0.3 is 5.97 Å². The molecule has 0 aliphatic heterocycles. The largest absolute Gasteiger partial charge is 0.461 e. The van der Waals surface area contributed by atoms with Crippen molar-refractivity contribution in [3.8, 4) is 0 Å². The van der Waals surface area contributed by atoms with Gasteiger partial charge in [0.15, 0.2) is 0 Å². The van der Waals surface area contributed by atoms with E-state index in [0.717, 1.165) is 20.8 Å². The van der Waals surface area contributed by atoms with Crippen LogP contribution < -0.4 is 0 Å². The highest BCUT2D eigenvalue weighted by atomic mass is 79.9. The van der Waals surface area contributed by atoms with E-state index < -0.39 is 0 Å². The number of halogens is 2. The monoisotopic (exact) mass is 313 g/mol. The Bertz CT molecular complexity index is 586. The number of fused-ring (bicyclic) bond motifs is 1. The second-order valence-electron chi connectivity index (χ2n) is 3.57. The summed E-state index contributed by atoms with van der Waals surface area (Å²) >= 11 is 9.53. The van der Waals surface area contributed by atoms with Gasteiger partial charge in [-0.1, -0.05) is 11.6 Å². The lowest BCUT2D eigenvalue weighted by atomic mass is 10.1. The van der Waals surface area contributed by atoms with Gasteiger partial charge in [-0.3, -0.25) is 9.78 Å². The van der Waals surface area contributed by atoms with E-state index in [9.17, 15) is 4.79 Å². The fourth-order valence-corrected chi connectivity index (χ4v) is 2.18. The number of carbonyl (C=O) groups is 1. The van der Waals surface area contributed by atoms with Crippen molar-refractivity contribution in [2.75, 3.05) is 0 Å². The topological polar surface area (TPSA) is 39.2 Å². The smallest absolute Gasteiger partial charge is 0.302 e. The maximum Gasteiger partial charge on any atom is 0.302 e. The molecule has 0 unspecified atom stereocenters. The Labute approximate surface area is 112 Å². The molecule has 88 valence electrons. The molecule has 0 N–H and O–H groups in total. The third kappa shape index (κ3) is 2.76. The van der Waals surface area contributed by atoms with Crippen LogP contribution >= 0.6 is 27.5 Å². The Hall–Kier alpha value is -1.13. The van der Waals surface area contributed by atoms with E-state index in [2.05, 4.69) is 20.9 Å². The second kappa shape index (κ2) is 5.02. The molecule has 0 amide bonds. The summed E-state index contributed by atoms with van der Waals surface area (Å²) in [7, 11) is 0. The first-order chi connectivity index (χ1) is 8.08. The van der Waals surface area contributed by atoms with Gasteiger partial charge in [0, 0.05) is 39.8 Å². The highest BCUT2D eigenvalue weighted by Crippen LogP contribution is 2.28. The van der Waals surface area contributed by atoms with Crippen LogP contribution in [0.1, 0.15) is 12.5 Å². The van der Waals surface area contributed by atoms with Crippen LogP contribution in [0, 0.1) is 0 Å². The quantitative estimate of drug-likeness (QED) is 0.793. The fraction of sp³-hybridized carbons (Fsp3) is 0.167. The van der Waals surface area contributed by atoms with Crippen molar-refractivity contribution in [1.82, 2.24) is 4.98 Å². The summed E-state index contributed by atoms with van der Waals surface area (Å²) in [4.78, 5) is 14.8. The molecule has 5 heteroatoms. The summed E-state index contributed by atoms with van der Waals surface area (Å²) < 4.78 is 5.83. The average molecular weight is 315 g/mol. The van der Waals surface area contributed by atoms with E-state index in [4.69, 9.17) is 16.3 Å². The summed E-state index contributed by atoms with van der Waals surface area (Å²) in [5.74, 6) is -0.324. The lowest BCUT2D eigenvalue weighted by molar-refractivity contribution is -0.142. The summed E-state index contributed by atoms with van der Waals surface area (Å²) in [6.07, 6.45) is 3.45. The molecule has 0 aliphatic carbocycles. The molecule has 0 spiro atoms. The van der Waals surface area contributed by atoms with Crippen molar-refractivity contribution >= 4 is 44.3 Å². The molecule has 0 radical (unpaired) electrons. The maximum absolute atomic E-state index is 10.8. The number of pyridine rings is 1. The van der Waals surface area contributed by atoms with Crippen LogP contribution in [0.15, 0.2) is 29.0 Å². The molecule has 2 aromatic rings. The number of carbonyl (C=O) groups excluding carboxylic acids is 1. The van der Waals surface area contributed by atoms with Crippen LogP contribution in [0.5, 0.6) is 0 Å². The number of benzene rings is 1. The van der Waals surface area contributed by atoms with Gasteiger partial charge in [-0.2, -0.15) is 0 Å². The van der Waals surface area contributed by atoms with Crippen molar-refractivity contribution in [3.05, 3.63) is 39.6 Å². The first kappa shape index (κ1) is 12.3. The highest BCUT2D eigenvalue weighted by molar-refractivity contribution is 9.10. The minimum Gasteiger partial charge on any atom is -0.461 e. The van der Waals surface area contributed by atoms with E-state index in [1.807, 2.05) is 12.1 Å². The van der Waals surface area contributed by atoms with Crippen molar-refractivity contribution in [1.29, 1.82) is 0 Å². The van der Waals surface area contributed by atoms with Crippen molar-refractivity contribution in [2.24, 2.45) is 0 Å². The Balaban J connectivity index is 2.46. The summed E-state index contributed by atoms with van der Waals surface area (Å²) in [6, 6.07) is 3.71. The SMILES string of the molecule is CC(=O)OCc1cc2c(Br)cncc2cc1Cl. The van der Waals surface area contributed by atoms with Gasteiger partial charge in [-0.15, -0.1) is 0 Å². The van der Waals surface area contributed by atoms with Gasteiger partial charge in [0.1, 0.15) is 6.61 Å². The first-order valence-electron chi connectivity index (χ1n) is 4.93. The number of aromatic nitrogens is 1. The predicted octanol–water partition coefficient (Wildman–Crippen LogP) is 3.71. The molecule has 2 rings (SSSR count). The molecule has 0 saturated heterocycles. The number of ether oxygens (including phenoxy) is 1. The van der Waals surface area contributed by atoms with Crippen molar-refractivity contribution < 1.29 is 9.53 Å². The van der Waals surface area contributed by atoms with E-state index in [1.54, 1.807) is 12.4 Å². The standard InChI is InChI=1S/C12H9BrClNO2/c1-7(16)17-6-9-2-10-8(3-12(9)14)4-15-5-11(10)13/h2-5H,6H2,1H3. The molecule has 1 aromatic heterocycles. The van der Waals surface area contributed by atoms with Gasteiger partial charge in [0.05, 0.1) is 0 Å². The third-order valence-electron chi connectivity index (χ3n) is 2.31. The zero-order chi connectivity index (χ0) is 12.4. The Morgan fingerprint density at radius 1 is 1.47 bits per heavy atom.